The molecular weight excluding hydrogens is 176 g/mol. The Morgan fingerprint density at radius 2 is 1.58 bits per heavy atom. The molecule has 12 heavy (non-hydrogen) atoms. The molecule has 0 amide bonds. The fraction of sp³-hybridized carbons (Fsp3) is 1.00. The van der Waals surface area contributed by atoms with Gasteiger partial charge in [-0.3, -0.25) is 0 Å². The smallest absolute Gasteiger partial charge is 0.0869 e. The van der Waals surface area contributed by atoms with E-state index in [2.05, 4.69) is 0 Å². The number of hydrogen-bond donors (Lipinski definition) is 3. The summed E-state index contributed by atoms with van der Waals surface area (Å²) in [6.45, 7) is 0. The highest BCUT2D eigenvalue weighted by atomic mass is 35.5. The van der Waals surface area contributed by atoms with Crippen LogP contribution in [0.1, 0.15) is 25.7 Å². The third-order valence-electron chi connectivity index (χ3n) is 2.50. The summed E-state index contributed by atoms with van der Waals surface area (Å²) in [4.78, 5) is 0. The number of alkyl halides is 1. The first-order valence-corrected chi connectivity index (χ1v) is 4.90. The van der Waals surface area contributed by atoms with Gasteiger partial charge in [0.2, 0.25) is 0 Å². The lowest BCUT2D eigenvalue weighted by Crippen LogP contribution is -2.49. The zero-order valence-electron chi connectivity index (χ0n) is 7.12. The van der Waals surface area contributed by atoms with Crippen molar-refractivity contribution in [1.29, 1.82) is 0 Å². The molecule has 1 fully saturated rings. The third-order valence-corrected chi connectivity index (χ3v) is 3.08. The van der Waals surface area contributed by atoms with E-state index < -0.39 is 6.10 Å². The Balaban J connectivity index is 2.55. The van der Waals surface area contributed by atoms with Gasteiger partial charge in [0, 0.05) is 12.1 Å². The predicted octanol–water partition coefficient (Wildman–Crippen LogP) is 0.183. The van der Waals surface area contributed by atoms with Crippen LogP contribution in [0.3, 0.4) is 0 Å². The minimum Gasteiger partial charge on any atom is -0.390 e. The maximum Gasteiger partial charge on any atom is 0.0869 e. The van der Waals surface area contributed by atoms with Crippen molar-refractivity contribution in [2.45, 2.75) is 49.2 Å². The summed E-state index contributed by atoms with van der Waals surface area (Å²) < 4.78 is 0. The second-order valence-electron chi connectivity index (χ2n) is 3.55. The van der Waals surface area contributed by atoms with E-state index in [0.717, 1.165) is 25.7 Å². The molecule has 0 aromatic rings. The molecule has 3 nitrogen and oxygen atoms in total. The van der Waals surface area contributed by atoms with Crippen LogP contribution >= 0.6 is 11.6 Å². The molecule has 0 heterocycles. The molecule has 72 valence electrons. The Hall–Kier alpha value is 0.170. The lowest BCUT2D eigenvalue weighted by molar-refractivity contribution is 0.118. The van der Waals surface area contributed by atoms with Gasteiger partial charge in [0.05, 0.1) is 11.5 Å². The topological polar surface area (TPSA) is 72.3 Å². The van der Waals surface area contributed by atoms with E-state index in [1.165, 1.54) is 0 Å². The minimum absolute atomic E-state index is 0.118. The number of aliphatic hydroxyl groups is 1. The first kappa shape index (κ1) is 10.3. The number of hydrogen-bond acceptors (Lipinski definition) is 3. The van der Waals surface area contributed by atoms with Crippen LogP contribution in [0.2, 0.25) is 0 Å². The Morgan fingerprint density at radius 3 is 2.17 bits per heavy atom. The number of aliphatic hydroxyl groups excluding tert-OH is 1. The van der Waals surface area contributed by atoms with Crippen molar-refractivity contribution in [3.8, 4) is 0 Å². The van der Waals surface area contributed by atoms with E-state index in [1.807, 2.05) is 0 Å². The molecule has 0 spiro atoms. The Bertz CT molecular complexity index is 129. The Morgan fingerprint density at radius 1 is 1.08 bits per heavy atom. The Kier molecular flexibility index (Phi) is 3.77. The first-order valence-electron chi connectivity index (χ1n) is 4.46. The fourth-order valence-electron chi connectivity index (χ4n) is 1.58. The van der Waals surface area contributed by atoms with Crippen LogP contribution in [-0.2, 0) is 0 Å². The molecule has 4 atom stereocenters. The maximum absolute atomic E-state index is 9.58. The highest BCUT2D eigenvalue weighted by Gasteiger charge is 2.29. The van der Waals surface area contributed by atoms with Crippen LogP contribution in [0.5, 0.6) is 0 Å². The molecule has 1 rings (SSSR count). The molecule has 0 aromatic heterocycles. The van der Waals surface area contributed by atoms with Crippen molar-refractivity contribution in [1.82, 2.24) is 0 Å². The highest BCUT2D eigenvalue weighted by Crippen LogP contribution is 2.20. The van der Waals surface area contributed by atoms with Crippen molar-refractivity contribution < 1.29 is 5.11 Å². The van der Waals surface area contributed by atoms with Crippen molar-refractivity contribution in [3.63, 3.8) is 0 Å². The standard InChI is InChI=1S/C8H17ClN2O/c9-7-5(10)3-1-2-4-6(11)8(7)12/h5-8,12H,1-4,10-11H2/t5-,6+,7-,8-/m1/s1. The van der Waals surface area contributed by atoms with Crippen LogP contribution in [0.25, 0.3) is 0 Å². The molecule has 5 N–H and O–H groups in total. The maximum atomic E-state index is 9.58. The SMILES string of the molecule is N[C@@H]1CCCC[C@H](N)[C@@H](O)[C@@H]1Cl. The molecule has 1 aliphatic rings. The monoisotopic (exact) mass is 192 g/mol. The van der Waals surface area contributed by atoms with E-state index in [4.69, 9.17) is 23.1 Å². The average molecular weight is 193 g/mol. The van der Waals surface area contributed by atoms with Gasteiger partial charge in [-0.05, 0) is 12.8 Å². The van der Waals surface area contributed by atoms with Gasteiger partial charge in [-0.25, -0.2) is 0 Å². The third kappa shape index (κ3) is 2.33. The van der Waals surface area contributed by atoms with E-state index in [0.29, 0.717) is 0 Å². The fourth-order valence-corrected chi connectivity index (χ4v) is 1.89. The Labute approximate surface area is 78.1 Å². The van der Waals surface area contributed by atoms with Gasteiger partial charge in [-0.15, -0.1) is 11.6 Å². The lowest BCUT2D eigenvalue weighted by Gasteiger charge is -2.29. The quantitative estimate of drug-likeness (QED) is 0.480. The first-order chi connectivity index (χ1) is 5.63. The average Bonchev–Trinajstić information content (AvgIpc) is 2.07. The van der Waals surface area contributed by atoms with Gasteiger partial charge in [-0.2, -0.15) is 0 Å². The normalized spacial score (nSPS) is 45.0. The van der Waals surface area contributed by atoms with E-state index in [9.17, 15) is 5.11 Å². The summed E-state index contributed by atoms with van der Waals surface area (Å²) in [7, 11) is 0. The predicted molar refractivity (Wildman–Crippen MR) is 50.1 cm³/mol. The molecule has 0 radical (unpaired) electrons. The highest BCUT2D eigenvalue weighted by molar-refractivity contribution is 6.21. The zero-order valence-corrected chi connectivity index (χ0v) is 7.87. The van der Waals surface area contributed by atoms with E-state index in [-0.39, 0.29) is 17.5 Å². The van der Waals surface area contributed by atoms with E-state index >= 15 is 0 Å². The van der Waals surface area contributed by atoms with Crippen LogP contribution in [0.4, 0.5) is 0 Å². The molecular formula is C8H17ClN2O. The number of rotatable bonds is 0. The van der Waals surface area contributed by atoms with Crippen molar-refractivity contribution in [3.05, 3.63) is 0 Å². The summed E-state index contributed by atoms with van der Waals surface area (Å²) in [6.07, 6.45) is 3.18. The van der Waals surface area contributed by atoms with Gasteiger partial charge in [0.1, 0.15) is 0 Å². The minimum atomic E-state index is -0.651. The van der Waals surface area contributed by atoms with Gasteiger partial charge >= 0.3 is 0 Å². The molecule has 0 unspecified atom stereocenters. The van der Waals surface area contributed by atoms with Crippen LogP contribution in [-0.4, -0.2) is 28.7 Å². The van der Waals surface area contributed by atoms with Crippen LogP contribution in [0.15, 0.2) is 0 Å². The molecule has 0 aliphatic heterocycles. The van der Waals surface area contributed by atoms with Crippen LogP contribution < -0.4 is 11.5 Å². The van der Waals surface area contributed by atoms with Crippen molar-refractivity contribution >= 4 is 11.6 Å². The largest absolute Gasteiger partial charge is 0.390 e. The molecule has 0 saturated heterocycles. The number of nitrogens with two attached hydrogens (primary N) is 2. The summed E-state index contributed by atoms with van der Waals surface area (Å²) in [6, 6.07) is -0.327. The van der Waals surface area contributed by atoms with Crippen LogP contribution in [0, 0.1) is 0 Å². The molecule has 0 aromatic carbocycles. The molecule has 1 aliphatic carbocycles. The van der Waals surface area contributed by atoms with Crippen molar-refractivity contribution in [2.75, 3.05) is 0 Å². The summed E-state index contributed by atoms with van der Waals surface area (Å²) in [5.74, 6) is 0. The second kappa shape index (κ2) is 4.42. The number of halogens is 1. The van der Waals surface area contributed by atoms with Gasteiger partial charge in [0.25, 0.3) is 0 Å². The van der Waals surface area contributed by atoms with Crippen molar-refractivity contribution in [2.24, 2.45) is 11.5 Å². The van der Waals surface area contributed by atoms with Gasteiger partial charge in [0.15, 0.2) is 0 Å². The van der Waals surface area contributed by atoms with E-state index in [1.54, 1.807) is 0 Å². The second-order valence-corrected chi connectivity index (χ2v) is 4.05. The molecule has 4 heteroatoms. The lowest BCUT2D eigenvalue weighted by atomic mass is 9.92. The van der Waals surface area contributed by atoms with Gasteiger partial charge in [-0.1, -0.05) is 12.8 Å². The molecule has 0 bridgehead atoms. The summed E-state index contributed by atoms with van der Waals surface area (Å²) in [5.41, 5.74) is 11.5. The zero-order chi connectivity index (χ0) is 9.14. The summed E-state index contributed by atoms with van der Waals surface area (Å²) >= 11 is 5.93. The molecule has 1 saturated carbocycles. The summed E-state index contributed by atoms with van der Waals surface area (Å²) in [5, 5.41) is 9.20. The van der Waals surface area contributed by atoms with Gasteiger partial charge < -0.3 is 16.6 Å².